The van der Waals surface area contributed by atoms with E-state index in [2.05, 4.69) is 12.4 Å². The molecule has 62 valence electrons. The molecule has 2 rings (SSSR count). The Balaban J connectivity index is 2.16. The quantitative estimate of drug-likeness (QED) is 0.479. The number of likely N-dealkylation sites (N-methyl/N-ethyl adjacent to an activating group) is 1. The number of hydrogen-bond acceptors (Lipinski definition) is 1. The summed E-state index contributed by atoms with van der Waals surface area (Å²) in [6, 6.07) is 0.702. The summed E-state index contributed by atoms with van der Waals surface area (Å²) in [7, 11) is 2.20. The van der Waals surface area contributed by atoms with Gasteiger partial charge in [-0.2, -0.15) is 0 Å². The van der Waals surface area contributed by atoms with Gasteiger partial charge in [0.15, 0.2) is 6.54 Å². The molecule has 0 spiro atoms. The smallest absolute Gasteiger partial charge is 0.275 e. The van der Waals surface area contributed by atoms with Gasteiger partial charge in [-0.05, 0) is 0 Å². The van der Waals surface area contributed by atoms with Crippen molar-refractivity contribution in [3.05, 3.63) is 0 Å². The Bertz CT molecular complexity index is 193. The molecule has 2 aliphatic rings. The topological polar surface area (TPSA) is 29.1 Å². The molecule has 2 atom stereocenters. The van der Waals surface area contributed by atoms with Gasteiger partial charge in [-0.15, -0.1) is 0 Å². The highest BCUT2D eigenvalue weighted by Gasteiger charge is 2.42. The maximum Gasteiger partial charge on any atom is 0.275 e. The average molecular weight is 155 g/mol. The Kier molecular flexibility index (Phi) is 1.42. The Labute approximate surface area is 67.0 Å². The summed E-state index contributed by atoms with van der Waals surface area (Å²) in [5.74, 6) is 0.227. The normalized spacial score (nSPS) is 43.4. The fraction of sp³-hybridized carbons (Fsp3) is 0.875. The molecular formula is C8H15N2O+. The summed E-state index contributed by atoms with van der Waals surface area (Å²) < 4.78 is 0.992. The summed E-state index contributed by atoms with van der Waals surface area (Å²) in [4.78, 5) is 11.1. The molecule has 0 saturated carbocycles. The van der Waals surface area contributed by atoms with Crippen LogP contribution >= 0.6 is 0 Å². The van der Waals surface area contributed by atoms with Crippen LogP contribution in [0.2, 0.25) is 0 Å². The van der Waals surface area contributed by atoms with E-state index < -0.39 is 0 Å². The molecule has 1 N–H and O–H groups in total. The minimum absolute atomic E-state index is 0.227. The highest BCUT2D eigenvalue weighted by molar-refractivity contribution is 5.77. The zero-order valence-corrected chi connectivity index (χ0v) is 6.97. The second kappa shape index (κ2) is 2.21. The number of quaternary nitrogens is 1. The van der Waals surface area contributed by atoms with Crippen molar-refractivity contribution in [3.8, 4) is 0 Å². The van der Waals surface area contributed by atoms with E-state index in [0.29, 0.717) is 12.6 Å². The standard InChI is InChI=1S/C8H14N2O/c1-10-4-2-3-7(10)5-9-8(11)6-10/h7H,2-6H2,1H3/p+1. The number of amides is 1. The first-order valence-corrected chi connectivity index (χ1v) is 4.32. The third-order valence-electron chi connectivity index (χ3n) is 3.13. The van der Waals surface area contributed by atoms with Gasteiger partial charge in [-0.3, -0.25) is 4.79 Å². The molecule has 0 aromatic rings. The van der Waals surface area contributed by atoms with E-state index in [0.717, 1.165) is 11.0 Å². The molecule has 0 aliphatic carbocycles. The monoisotopic (exact) mass is 155 g/mol. The van der Waals surface area contributed by atoms with E-state index in [1.807, 2.05) is 0 Å². The Hall–Kier alpha value is -0.570. The van der Waals surface area contributed by atoms with E-state index in [1.54, 1.807) is 0 Å². The van der Waals surface area contributed by atoms with E-state index in [4.69, 9.17) is 0 Å². The molecule has 3 nitrogen and oxygen atoms in total. The van der Waals surface area contributed by atoms with Crippen LogP contribution in [0.4, 0.5) is 0 Å². The van der Waals surface area contributed by atoms with Crippen molar-refractivity contribution >= 4 is 5.91 Å². The predicted molar refractivity (Wildman–Crippen MR) is 42.0 cm³/mol. The van der Waals surface area contributed by atoms with Gasteiger partial charge in [0.1, 0.15) is 6.04 Å². The van der Waals surface area contributed by atoms with Crippen LogP contribution in [0.15, 0.2) is 0 Å². The number of piperazine rings is 1. The summed E-state index contributed by atoms with van der Waals surface area (Å²) in [6.45, 7) is 2.79. The molecule has 2 fully saturated rings. The van der Waals surface area contributed by atoms with Gasteiger partial charge < -0.3 is 9.80 Å². The number of nitrogens with zero attached hydrogens (tertiary/aromatic N) is 1. The van der Waals surface area contributed by atoms with Crippen molar-refractivity contribution in [1.29, 1.82) is 0 Å². The third-order valence-corrected chi connectivity index (χ3v) is 3.13. The summed E-state index contributed by atoms with van der Waals surface area (Å²) in [5, 5.41) is 2.92. The Morgan fingerprint density at radius 2 is 2.45 bits per heavy atom. The van der Waals surface area contributed by atoms with Gasteiger partial charge in [0.05, 0.1) is 20.1 Å². The van der Waals surface area contributed by atoms with E-state index >= 15 is 0 Å². The lowest BCUT2D eigenvalue weighted by Gasteiger charge is -2.39. The number of nitrogens with one attached hydrogen (secondary N) is 1. The van der Waals surface area contributed by atoms with Crippen molar-refractivity contribution in [3.63, 3.8) is 0 Å². The summed E-state index contributed by atoms with van der Waals surface area (Å²) in [5.41, 5.74) is 0. The van der Waals surface area contributed by atoms with Crippen LogP contribution < -0.4 is 5.32 Å². The number of carbonyl (C=O) groups excluding carboxylic acids is 1. The maximum atomic E-state index is 11.1. The highest BCUT2D eigenvalue weighted by Crippen LogP contribution is 2.25. The average Bonchev–Trinajstić information content (AvgIpc) is 2.28. The minimum Gasteiger partial charge on any atom is -0.345 e. The van der Waals surface area contributed by atoms with E-state index in [-0.39, 0.29) is 5.91 Å². The zero-order valence-electron chi connectivity index (χ0n) is 6.97. The summed E-state index contributed by atoms with van der Waals surface area (Å²) in [6.07, 6.45) is 2.58. The first-order valence-electron chi connectivity index (χ1n) is 4.32. The zero-order chi connectivity index (χ0) is 7.90. The van der Waals surface area contributed by atoms with Crippen molar-refractivity contribution in [1.82, 2.24) is 5.32 Å². The Morgan fingerprint density at radius 1 is 1.64 bits per heavy atom. The van der Waals surface area contributed by atoms with Crippen molar-refractivity contribution in [2.24, 2.45) is 0 Å². The second-order valence-corrected chi connectivity index (χ2v) is 3.96. The number of hydrogen-bond donors (Lipinski definition) is 1. The Morgan fingerprint density at radius 3 is 3.27 bits per heavy atom. The van der Waals surface area contributed by atoms with Crippen LogP contribution in [0.1, 0.15) is 12.8 Å². The fourth-order valence-electron chi connectivity index (χ4n) is 2.33. The molecule has 2 saturated heterocycles. The molecule has 0 bridgehead atoms. The van der Waals surface area contributed by atoms with Gasteiger partial charge >= 0.3 is 0 Å². The molecule has 0 aromatic heterocycles. The SMILES string of the molecule is C[N+]12CCCC1CNC(=O)C2. The molecule has 2 heterocycles. The largest absolute Gasteiger partial charge is 0.345 e. The minimum atomic E-state index is 0.227. The predicted octanol–water partition coefficient (Wildman–Crippen LogP) is -0.275. The van der Waals surface area contributed by atoms with E-state index in [9.17, 15) is 4.79 Å². The lowest BCUT2D eigenvalue weighted by molar-refractivity contribution is -0.914. The maximum absolute atomic E-state index is 11.1. The second-order valence-electron chi connectivity index (χ2n) is 3.96. The number of carbonyl (C=O) groups is 1. The summed E-state index contributed by atoms with van der Waals surface area (Å²) >= 11 is 0. The van der Waals surface area contributed by atoms with Crippen LogP contribution in [0.3, 0.4) is 0 Å². The van der Waals surface area contributed by atoms with Crippen molar-refractivity contribution in [2.45, 2.75) is 18.9 Å². The van der Waals surface area contributed by atoms with Crippen molar-refractivity contribution < 1.29 is 9.28 Å². The lowest BCUT2D eigenvalue weighted by atomic mass is 10.1. The molecule has 1 amide bonds. The van der Waals surface area contributed by atoms with E-state index in [1.165, 1.54) is 19.4 Å². The van der Waals surface area contributed by atoms with Crippen LogP contribution in [-0.4, -0.2) is 43.1 Å². The first kappa shape index (κ1) is 7.10. The van der Waals surface area contributed by atoms with Gasteiger partial charge in [0.2, 0.25) is 0 Å². The first-order chi connectivity index (χ1) is 5.21. The highest BCUT2D eigenvalue weighted by atomic mass is 16.2. The van der Waals surface area contributed by atoms with Gasteiger partial charge in [-0.1, -0.05) is 0 Å². The van der Waals surface area contributed by atoms with Gasteiger partial charge in [0, 0.05) is 12.8 Å². The van der Waals surface area contributed by atoms with Crippen LogP contribution in [0.25, 0.3) is 0 Å². The fourth-order valence-corrected chi connectivity index (χ4v) is 2.33. The van der Waals surface area contributed by atoms with Crippen LogP contribution in [-0.2, 0) is 4.79 Å². The molecule has 0 radical (unpaired) electrons. The van der Waals surface area contributed by atoms with Gasteiger partial charge in [-0.25, -0.2) is 0 Å². The van der Waals surface area contributed by atoms with Crippen molar-refractivity contribution in [2.75, 3.05) is 26.7 Å². The molecule has 2 aliphatic heterocycles. The molecule has 0 aromatic carbocycles. The lowest BCUT2D eigenvalue weighted by Crippen LogP contribution is -2.61. The van der Waals surface area contributed by atoms with Gasteiger partial charge in [0.25, 0.3) is 5.91 Å². The molecule has 3 heteroatoms. The molecule has 11 heavy (non-hydrogen) atoms. The number of rotatable bonds is 0. The third kappa shape index (κ3) is 1.03. The molecule has 2 unspecified atom stereocenters. The van der Waals surface area contributed by atoms with Crippen LogP contribution in [0.5, 0.6) is 0 Å². The number of fused-ring (bicyclic) bond motifs is 1. The molecular weight excluding hydrogens is 140 g/mol. The van der Waals surface area contributed by atoms with Crippen LogP contribution in [0, 0.1) is 0 Å².